The number of benzene rings is 1. The van der Waals surface area contributed by atoms with Gasteiger partial charge in [0, 0.05) is 5.30 Å². The van der Waals surface area contributed by atoms with E-state index in [1.54, 1.807) is 0 Å². The average molecular weight is 157 g/mol. The van der Waals surface area contributed by atoms with E-state index in [1.165, 1.54) is 18.2 Å². The van der Waals surface area contributed by atoms with Crippen LogP contribution in [0.1, 0.15) is 0 Å². The quantitative estimate of drug-likeness (QED) is 0.405. The second-order valence-electron chi connectivity index (χ2n) is 1.85. The SMILES string of the molecule is NPc1cc(O)ccc1O. The Morgan fingerprint density at radius 2 is 2.00 bits per heavy atom. The van der Waals surface area contributed by atoms with Gasteiger partial charge in [0.1, 0.15) is 11.5 Å². The van der Waals surface area contributed by atoms with Gasteiger partial charge in [-0.25, -0.2) is 0 Å². The van der Waals surface area contributed by atoms with Crippen molar-refractivity contribution >= 4 is 14.0 Å². The van der Waals surface area contributed by atoms with Gasteiger partial charge in [-0.15, -0.1) is 0 Å². The minimum absolute atomic E-state index is 0.0153. The fourth-order valence-electron chi connectivity index (χ4n) is 0.640. The van der Waals surface area contributed by atoms with Crippen molar-refractivity contribution in [1.29, 1.82) is 0 Å². The molecule has 0 radical (unpaired) electrons. The van der Waals surface area contributed by atoms with Crippen molar-refractivity contribution in [3.63, 3.8) is 0 Å². The molecule has 0 aromatic heterocycles. The zero-order chi connectivity index (χ0) is 7.56. The number of phenols is 2. The van der Waals surface area contributed by atoms with E-state index in [4.69, 9.17) is 15.7 Å². The third-order valence-electron chi connectivity index (χ3n) is 1.14. The maximum atomic E-state index is 9.05. The van der Waals surface area contributed by atoms with Gasteiger partial charge in [0.05, 0.1) is 0 Å². The van der Waals surface area contributed by atoms with Crippen LogP contribution >= 0.6 is 8.73 Å². The molecular formula is C6H8NO2P. The smallest absolute Gasteiger partial charge is 0.124 e. The van der Waals surface area contributed by atoms with Crippen molar-refractivity contribution in [2.75, 3.05) is 0 Å². The molecule has 4 N–H and O–H groups in total. The largest absolute Gasteiger partial charge is 0.508 e. The number of phenolic OH excluding ortho intramolecular Hbond substituents is 2. The van der Waals surface area contributed by atoms with Gasteiger partial charge in [-0.2, -0.15) is 0 Å². The molecule has 54 valence electrons. The van der Waals surface area contributed by atoms with Crippen LogP contribution in [-0.2, 0) is 0 Å². The van der Waals surface area contributed by atoms with Crippen molar-refractivity contribution in [2.24, 2.45) is 5.50 Å². The van der Waals surface area contributed by atoms with E-state index in [0.29, 0.717) is 5.30 Å². The third kappa shape index (κ3) is 1.38. The summed E-state index contributed by atoms with van der Waals surface area (Å²) in [6, 6.07) is 4.29. The Kier molecular flexibility index (Phi) is 2.10. The van der Waals surface area contributed by atoms with E-state index < -0.39 is 0 Å². The van der Waals surface area contributed by atoms with E-state index >= 15 is 0 Å². The van der Waals surface area contributed by atoms with E-state index in [9.17, 15) is 0 Å². The summed E-state index contributed by atoms with van der Waals surface area (Å²) in [5, 5.41) is 18.5. The van der Waals surface area contributed by atoms with E-state index in [0.717, 1.165) is 0 Å². The Morgan fingerprint density at radius 1 is 1.30 bits per heavy atom. The summed E-state index contributed by atoms with van der Waals surface area (Å²) < 4.78 is 0. The van der Waals surface area contributed by atoms with Crippen molar-refractivity contribution in [3.8, 4) is 11.5 Å². The van der Waals surface area contributed by atoms with Gasteiger partial charge in [0.15, 0.2) is 0 Å². The molecule has 0 bridgehead atoms. The first kappa shape index (κ1) is 7.32. The van der Waals surface area contributed by atoms with Gasteiger partial charge in [0.25, 0.3) is 0 Å². The van der Waals surface area contributed by atoms with Gasteiger partial charge >= 0.3 is 0 Å². The fourth-order valence-corrected chi connectivity index (χ4v) is 1.10. The molecule has 1 aromatic rings. The summed E-state index contributed by atoms with van der Waals surface area (Å²) in [4.78, 5) is 0. The summed E-state index contributed by atoms with van der Waals surface area (Å²) in [5.74, 6) is 0.268. The molecule has 0 aliphatic heterocycles. The van der Waals surface area contributed by atoms with Crippen molar-refractivity contribution in [2.45, 2.75) is 0 Å². The molecule has 0 spiro atoms. The number of hydrogen-bond acceptors (Lipinski definition) is 3. The maximum Gasteiger partial charge on any atom is 0.124 e. The van der Waals surface area contributed by atoms with Crippen molar-refractivity contribution in [1.82, 2.24) is 0 Å². The van der Waals surface area contributed by atoms with E-state index in [1.807, 2.05) is 0 Å². The van der Waals surface area contributed by atoms with Crippen LogP contribution in [0, 0.1) is 0 Å². The molecule has 1 rings (SSSR count). The summed E-state index contributed by atoms with van der Waals surface area (Å²) in [5.41, 5.74) is 5.28. The van der Waals surface area contributed by atoms with Crippen LogP contribution in [0.4, 0.5) is 0 Å². The van der Waals surface area contributed by atoms with Crippen LogP contribution in [0.2, 0.25) is 0 Å². The Hall–Kier alpha value is -0.790. The van der Waals surface area contributed by atoms with Crippen molar-refractivity contribution in [3.05, 3.63) is 18.2 Å². The Labute approximate surface area is 60.3 Å². The highest BCUT2D eigenvalue weighted by molar-refractivity contribution is 7.44. The minimum Gasteiger partial charge on any atom is -0.508 e. The fraction of sp³-hybridized carbons (Fsp3) is 0. The van der Waals surface area contributed by atoms with E-state index in [2.05, 4.69) is 0 Å². The lowest BCUT2D eigenvalue weighted by molar-refractivity contribution is 0.464. The lowest BCUT2D eigenvalue weighted by atomic mass is 10.3. The van der Waals surface area contributed by atoms with Gasteiger partial charge in [-0.1, -0.05) is 0 Å². The van der Waals surface area contributed by atoms with Crippen LogP contribution in [0.15, 0.2) is 18.2 Å². The molecule has 1 unspecified atom stereocenters. The second kappa shape index (κ2) is 2.86. The highest BCUT2D eigenvalue weighted by atomic mass is 31.1. The third-order valence-corrected chi connectivity index (χ3v) is 1.85. The lowest BCUT2D eigenvalue weighted by Crippen LogP contribution is -1.97. The molecule has 0 fully saturated rings. The molecule has 0 aliphatic carbocycles. The minimum atomic E-state index is 0.0153. The standard InChI is InChI=1S/C6H8NO2P/c7-10-6-3-4(8)1-2-5(6)9/h1-3,8-10H,7H2. The van der Waals surface area contributed by atoms with Gasteiger partial charge in [-0.05, 0) is 26.9 Å². The van der Waals surface area contributed by atoms with Gasteiger partial charge in [0.2, 0.25) is 0 Å². The normalized spacial score (nSPS) is 10.9. The van der Waals surface area contributed by atoms with Crippen molar-refractivity contribution < 1.29 is 10.2 Å². The average Bonchev–Trinajstić information content (AvgIpc) is 1.94. The number of nitrogens with two attached hydrogens (primary N) is 1. The first-order valence-corrected chi connectivity index (χ1v) is 3.80. The van der Waals surface area contributed by atoms with Crippen LogP contribution in [0.25, 0.3) is 0 Å². The van der Waals surface area contributed by atoms with Gasteiger partial charge < -0.3 is 15.7 Å². The Balaban J connectivity index is 3.09. The predicted molar refractivity (Wildman–Crippen MR) is 41.9 cm³/mol. The molecule has 1 atom stereocenters. The molecule has 3 nitrogen and oxygen atoms in total. The molecule has 0 saturated heterocycles. The summed E-state index contributed by atoms with van der Waals surface area (Å²) in [6.07, 6.45) is 0. The second-order valence-corrected chi connectivity index (χ2v) is 2.67. The summed E-state index contributed by atoms with van der Waals surface area (Å²) in [7, 11) is 0.0153. The number of hydrogen-bond donors (Lipinski definition) is 3. The maximum absolute atomic E-state index is 9.05. The molecule has 10 heavy (non-hydrogen) atoms. The van der Waals surface area contributed by atoms with Crippen LogP contribution in [0.3, 0.4) is 0 Å². The zero-order valence-electron chi connectivity index (χ0n) is 5.20. The molecule has 0 heterocycles. The number of rotatable bonds is 1. The predicted octanol–water partition coefficient (Wildman–Crippen LogP) is 0.275. The first-order valence-electron chi connectivity index (χ1n) is 2.72. The molecule has 4 heteroatoms. The van der Waals surface area contributed by atoms with Gasteiger partial charge in [-0.3, -0.25) is 0 Å². The molecular weight excluding hydrogens is 149 g/mol. The van der Waals surface area contributed by atoms with Crippen LogP contribution < -0.4 is 10.8 Å². The molecule has 1 aromatic carbocycles. The molecule has 0 saturated carbocycles. The zero-order valence-corrected chi connectivity index (χ0v) is 6.20. The van der Waals surface area contributed by atoms with Crippen LogP contribution in [0.5, 0.6) is 11.5 Å². The summed E-state index contributed by atoms with van der Waals surface area (Å²) in [6.45, 7) is 0. The molecule has 0 aliphatic rings. The van der Waals surface area contributed by atoms with Crippen LogP contribution in [-0.4, -0.2) is 10.2 Å². The lowest BCUT2D eigenvalue weighted by Gasteiger charge is -1.99. The molecule has 0 amide bonds. The Bertz CT molecular complexity index is 239. The van der Waals surface area contributed by atoms with E-state index in [-0.39, 0.29) is 20.2 Å². The number of aromatic hydroxyl groups is 2. The first-order chi connectivity index (χ1) is 4.74. The topological polar surface area (TPSA) is 66.5 Å². The highest BCUT2D eigenvalue weighted by Gasteiger charge is 1.98. The monoisotopic (exact) mass is 157 g/mol. The summed E-state index contributed by atoms with van der Waals surface area (Å²) >= 11 is 0. The Morgan fingerprint density at radius 3 is 2.50 bits per heavy atom. The highest BCUT2D eigenvalue weighted by Crippen LogP contribution is 2.17.